The van der Waals surface area contributed by atoms with Gasteiger partial charge in [0, 0.05) is 23.5 Å². The van der Waals surface area contributed by atoms with Crippen LogP contribution in [0.4, 0.5) is 11.4 Å². The third-order valence-corrected chi connectivity index (χ3v) is 5.34. The largest absolute Gasteiger partial charge is 0.493 e. The Balaban J connectivity index is 1.61. The molecule has 0 aliphatic carbocycles. The van der Waals surface area contributed by atoms with E-state index in [1.165, 1.54) is 0 Å². The standard InChI is InChI=1S/C27H29N3O3S/c1-3-5-19-33-24-14-10-9-13-23(24)25(31)29-27(34)28-21-17-15-20(16-18-21)26(32)30(4-2)22-11-7-6-8-12-22/h6-18H,3-5,19H2,1-2H3,(H2,28,29,31,34). The molecule has 2 N–H and O–H groups in total. The summed E-state index contributed by atoms with van der Waals surface area (Å²) < 4.78 is 5.73. The highest BCUT2D eigenvalue weighted by Gasteiger charge is 2.16. The van der Waals surface area contributed by atoms with Gasteiger partial charge in [0.15, 0.2) is 5.11 Å². The summed E-state index contributed by atoms with van der Waals surface area (Å²) in [5.41, 5.74) is 2.49. The fourth-order valence-corrected chi connectivity index (χ4v) is 3.55. The van der Waals surface area contributed by atoms with Crippen molar-refractivity contribution in [3.63, 3.8) is 0 Å². The number of amides is 2. The number of benzene rings is 3. The van der Waals surface area contributed by atoms with Crippen LogP contribution in [0.3, 0.4) is 0 Å². The topological polar surface area (TPSA) is 70.7 Å². The Hall–Kier alpha value is -3.71. The first kappa shape index (κ1) is 24.9. The summed E-state index contributed by atoms with van der Waals surface area (Å²) in [6.45, 7) is 5.13. The summed E-state index contributed by atoms with van der Waals surface area (Å²) in [7, 11) is 0. The van der Waals surface area contributed by atoms with Crippen LogP contribution < -0.4 is 20.3 Å². The number of carbonyl (C=O) groups is 2. The fourth-order valence-electron chi connectivity index (χ4n) is 3.34. The van der Waals surface area contributed by atoms with Gasteiger partial charge in [-0.3, -0.25) is 14.9 Å². The van der Waals surface area contributed by atoms with Gasteiger partial charge in [-0.15, -0.1) is 0 Å². The van der Waals surface area contributed by atoms with Crippen molar-refractivity contribution in [2.75, 3.05) is 23.4 Å². The van der Waals surface area contributed by atoms with Crippen LogP contribution >= 0.6 is 12.2 Å². The summed E-state index contributed by atoms with van der Waals surface area (Å²) in [4.78, 5) is 27.4. The Bertz CT molecular complexity index is 1120. The molecule has 0 aromatic heterocycles. The molecule has 3 aromatic carbocycles. The molecule has 3 rings (SSSR count). The molecule has 0 saturated heterocycles. The van der Waals surface area contributed by atoms with E-state index in [-0.39, 0.29) is 16.9 Å². The number of anilines is 2. The molecule has 0 atom stereocenters. The SMILES string of the molecule is CCCCOc1ccccc1C(=O)NC(=S)Nc1ccc(C(=O)N(CC)c2ccccc2)cc1. The molecule has 0 saturated carbocycles. The van der Waals surface area contributed by atoms with Gasteiger partial charge in [0.1, 0.15) is 5.75 Å². The van der Waals surface area contributed by atoms with Crippen LogP contribution in [-0.2, 0) is 0 Å². The molecule has 3 aromatic rings. The van der Waals surface area contributed by atoms with Gasteiger partial charge in [-0.2, -0.15) is 0 Å². The Morgan fingerprint density at radius 2 is 1.59 bits per heavy atom. The summed E-state index contributed by atoms with van der Waals surface area (Å²) >= 11 is 5.31. The van der Waals surface area contributed by atoms with E-state index in [4.69, 9.17) is 17.0 Å². The van der Waals surface area contributed by atoms with Crippen molar-refractivity contribution in [2.24, 2.45) is 0 Å². The molecule has 0 fully saturated rings. The molecule has 34 heavy (non-hydrogen) atoms. The average molecular weight is 476 g/mol. The molecule has 2 amide bonds. The number of rotatable bonds is 9. The third kappa shape index (κ3) is 6.65. The molecule has 6 nitrogen and oxygen atoms in total. The lowest BCUT2D eigenvalue weighted by Gasteiger charge is -2.21. The Morgan fingerprint density at radius 1 is 0.912 bits per heavy atom. The molecule has 0 unspecified atom stereocenters. The van der Waals surface area contributed by atoms with Crippen LogP contribution in [0.5, 0.6) is 5.75 Å². The predicted molar refractivity (Wildman–Crippen MR) is 141 cm³/mol. The van der Waals surface area contributed by atoms with Crippen LogP contribution in [0.2, 0.25) is 0 Å². The van der Waals surface area contributed by atoms with Gasteiger partial charge in [0.2, 0.25) is 0 Å². The Morgan fingerprint density at radius 3 is 2.26 bits per heavy atom. The Kier molecular flexibility index (Phi) is 9.17. The molecule has 0 aliphatic heterocycles. The van der Waals surface area contributed by atoms with Gasteiger partial charge in [-0.25, -0.2) is 0 Å². The van der Waals surface area contributed by atoms with Crippen molar-refractivity contribution < 1.29 is 14.3 Å². The number of nitrogens with zero attached hydrogens (tertiary/aromatic N) is 1. The van der Waals surface area contributed by atoms with E-state index in [9.17, 15) is 9.59 Å². The van der Waals surface area contributed by atoms with Gasteiger partial charge in [-0.05, 0) is 74.1 Å². The van der Waals surface area contributed by atoms with E-state index < -0.39 is 0 Å². The highest BCUT2D eigenvalue weighted by atomic mass is 32.1. The Labute approximate surface area is 205 Å². The van der Waals surface area contributed by atoms with Crippen molar-refractivity contribution in [3.8, 4) is 5.75 Å². The van der Waals surface area contributed by atoms with E-state index in [2.05, 4.69) is 17.6 Å². The van der Waals surface area contributed by atoms with Crippen LogP contribution in [0, 0.1) is 0 Å². The number of carbonyl (C=O) groups excluding carboxylic acids is 2. The molecule has 0 spiro atoms. The number of para-hydroxylation sites is 2. The molecule has 176 valence electrons. The van der Waals surface area contributed by atoms with Gasteiger partial charge >= 0.3 is 0 Å². The smallest absolute Gasteiger partial charge is 0.261 e. The average Bonchev–Trinajstić information content (AvgIpc) is 2.86. The van der Waals surface area contributed by atoms with E-state index in [1.807, 2.05) is 43.3 Å². The van der Waals surface area contributed by atoms with Crippen LogP contribution in [0.1, 0.15) is 47.4 Å². The lowest BCUT2D eigenvalue weighted by Crippen LogP contribution is -2.34. The van der Waals surface area contributed by atoms with E-state index in [1.54, 1.807) is 47.4 Å². The molecule has 0 bridgehead atoms. The maximum Gasteiger partial charge on any atom is 0.261 e. The van der Waals surface area contributed by atoms with Crippen LogP contribution in [0.25, 0.3) is 0 Å². The minimum absolute atomic E-state index is 0.0872. The molecular formula is C27H29N3O3S. The molecule has 0 radical (unpaired) electrons. The van der Waals surface area contributed by atoms with Crippen molar-refractivity contribution in [1.29, 1.82) is 0 Å². The maximum atomic E-state index is 12.9. The van der Waals surface area contributed by atoms with Crippen molar-refractivity contribution in [3.05, 3.63) is 90.0 Å². The first-order chi connectivity index (χ1) is 16.5. The quantitative estimate of drug-likeness (QED) is 0.309. The number of nitrogens with one attached hydrogen (secondary N) is 2. The fraction of sp³-hybridized carbons (Fsp3) is 0.222. The van der Waals surface area contributed by atoms with Gasteiger partial charge in [0.05, 0.1) is 12.2 Å². The first-order valence-electron chi connectivity index (χ1n) is 11.3. The van der Waals surface area contributed by atoms with E-state index in [0.29, 0.717) is 35.7 Å². The second-order valence-corrected chi connectivity index (χ2v) is 7.98. The second kappa shape index (κ2) is 12.5. The highest BCUT2D eigenvalue weighted by Crippen LogP contribution is 2.20. The number of ether oxygens (including phenoxy) is 1. The zero-order valence-electron chi connectivity index (χ0n) is 19.4. The summed E-state index contributed by atoms with van der Waals surface area (Å²) in [5, 5.41) is 5.84. The zero-order valence-corrected chi connectivity index (χ0v) is 20.2. The first-order valence-corrected chi connectivity index (χ1v) is 11.8. The number of unbranched alkanes of at least 4 members (excludes halogenated alkanes) is 1. The van der Waals surface area contributed by atoms with Gasteiger partial charge < -0.3 is 15.0 Å². The summed E-state index contributed by atoms with van der Waals surface area (Å²) in [6.07, 6.45) is 1.92. The van der Waals surface area contributed by atoms with Gasteiger partial charge in [-0.1, -0.05) is 43.7 Å². The van der Waals surface area contributed by atoms with E-state index in [0.717, 1.165) is 18.5 Å². The number of hydrogen-bond donors (Lipinski definition) is 2. The normalized spacial score (nSPS) is 10.3. The predicted octanol–water partition coefficient (Wildman–Crippen LogP) is 5.66. The van der Waals surface area contributed by atoms with Gasteiger partial charge in [0.25, 0.3) is 11.8 Å². The second-order valence-electron chi connectivity index (χ2n) is 7.57. The minimum Gasteiger partial charge on any atom is -0.493 e. The lowest BCUT2D eigenvalue weighted by molar-refractivity contribution is 0.0970. The third-order valence-electron chi connectivity index (χ3n) is 5.13. The molecule has 0 heterocycles. The van der Waals surface area contributed by atoms with Crippen molar-refractivity contribution >= 4 is 40.5 Å². The van der Waals surface area contributed by atoms with Crippen LogP contribution in [0.15, 0.2) is 78.9 Å². The molecule has 0 aliphatic rings. The lowest BCUT2D eigenvalue weighted by atomic mass is 10.1. The van der Waals surface area contributed by atoms with Crippen molar-refractivity contribution in [2.45, 2.75) is 26.7 Å². The summed E-state index contributed by atoms with van der Waals surface area (Å²) in [6, 6.07) is 23.6. The van der Waals surface area contributed by atoms with E-state index >= 15 is 0 Å². The monoisotopic (exact) mass is 475 g/mol. The zero-order chi connectivity index (χ0) is 24.3. The van der Waals surface area contributed by atoms with Crippen LogP contribution in [-0.4, -0.2) is 30.1 Å². The summed E-state index contributed by atoms with van der Waals surface area (Å²) in [5.74, 6) is 0.0895. The number of thiocarbonyl (C=S) groups is 1. The molecular weight excluding hydrogens is 446 g/mol. The van der Waals surface area contributed by atoms with Crippen molar-refractivity contribution in [1.82, 2.24) is 5.32 Å². The number of hydrogen-bond acceptors (Lipinski definition) is 4. The minimum atomic E-state index is -0.349. The highest BCUT2D eigenvalue weighted by molar-refractivity contribution is 7.80. The molecule has 7 heteroatoms. The maximum absolute atomic E-state index is 12.9.